The van der Waals surface area contributed by atoms with Crippen LogP contribution in [0.1, 0.15) is 22.9 Å². The van der Waals surface area contributed by atoms with E-state index >= 15 is 0 Å². The maximum Gasteiger partial charge on any atom is 0.0735 e. The summed E-state index contributed by atoms with van der Waals surface area (Å²) in [5, 5.41) is 4.19. The fourth-order valence-electron chi connectivity index (χ4n) is 1.87. The first-order chi connectivity index (χ1) is 7.99. The van der Waals surface area contributed by atoms with Crippen LogP contribution in [0.2, 0.25) is 0 Å². The first-order valence-electron chi connectivity index (χ1n) is 5.19. The van der Waals surface area contributed by atoms with Crippen LogP contribution in [0.15, 0.2) is 33.3 Å². The van der Waals surface area contributed by atoms with E-state index in [4.69, 9.17) is 5.73 Å². The Morgan fingerprint density at radius 1 is 1.29 bits per heavy atom. The molecule has 0 aliphatic heterocycles. The van der Waals surface area contributed by atoms with E-state index in [2.05, 4.69) is 56.0 Å². The highest BCUT2D eigenvalue weighted by molar-refractivity contribution is 9.10. The van der Waals surface area contributed by atoms with Crippen LogP contribution >= 0.6 is 31.9 Å². The van der Waals surface area contributed by atoms with E-state index in [0.717, 1.165) is 20.2 Å². The highest BCUT2D eigenvalue weighted by Gasteiger charge is 2.17. The predicted molar refractivity (Wildman–Crippen MR) is 75.8 cm³/mol. The van der Waals surface area contributed by atoms with Gasteiger partial charge >= 0.3 is 0 Å². The molecule has 1 heterocycles. The maximum absolute atomic E-state index is 6.29. The van der Waals surface area contributed by atoms with E-state index in [1.165, 1.54) is 5.56 Å². The average molecular weight is 359 g/mol. The number of benzene rings is 1. The quantitative estimate of drug-likeness (QED) is 0.895. The van der Waals surface area contributed by atoms with Gasteiger partial charge in [-0.3, -0.25) is 4.68 Å². The lowest BCUT2D eigenvalue weighted by Gasteiger charge is -2.14. The Morgan fingerprint density at radius 3 is 2.53 bits per heavy atom. The zero-order valence-electron chi connectivity index (χ0n) is 9.61. The van der Waals surface area contributed by atoms with Gasteiger partial charge in [-0.25, -0.2) is 0 Å². The molecule has 90 valence electrons. The number of hydrogen-bond donors (Lipinski definition) is 1. The Balaban J connectivity index is 2.47. The summed E-state index contributed by atoms with van der Waals surface area (Å²) in [5.41, 5.74) is 9.52. The van der Waals surface area contributed by atoms with Crippen LogP contribution in [-0.4, -0.2) is 9.78 Å². The zero-order valence-corrected chi connectivity index (χ0v) is 12.8. The summed E-state index contributed by atoms with van der Waals surface area (Å²) in [7, 11) is 1.89. The molecule has 5 heteroatoms. The van der Waals surface area contributed by atoms with Crippen molar-refractivity contribution >= 4 is 31.9 Å². The van der Waals surface area contributed by atoms with Gasteiger partial charge < -0.3 is 5.73 Å². The summed E-state index contributed by atoms with van der Waals surface area (Å²) >= 11 is 6.97. The second kappa shape index (κ2) is 4.92. The van der Waals surface area contributed by atoms with Crippen LogP contribution < -0.4 is 5.73 Å². The molecule has 1 aromatic heterocycles. The van der Waals surface area contributed by atoms with Gasteiger partial charge in [-0.2, -0.15) is 5.10 Å². The molecule has 0 aliphatic rings. The summed E-state index contributed by atoms with van der Waals surface area (Å²) in [5.74, 6) is 0. The molecular formula is C12H13Br2N3. The van der Waals surface area contributed by atoms with Crippen molar-refractivity contribution < 1.29 is 0 Å². The third-order valence-electron chi connectivity index (χ3n) is 2.66. The van der Waals surface area contributed by atoms with Gasteiger partial charge in [-0.15, -0.1) is 0 Å². The number of aryl methyl sites for hydroxylation is 2. The average Bonchev–Trinajstić information content (AvgIpc) is 2.56. The Kier molecular flexibility index (Phi) is 3.70. The Labute approximate surface area is 117 Å². The Hall–Kier alpha value is -0.650. The topological polar surface area (TPSA) is 43.8 Å². The molecule has 17 heavy (non-hydrogen) atoms. The van der Waals surface area contributed by atoms with Crippen molar-refractivity contribution in [2.45, 2.75) is 13.0 Å². The van der Waals surface area contributed by atoms with Gasteiger partial charge in [0.15, 0.2) is 0 Å². The molecule has 0 amide bonds. The molecule has 3 nitrogen and oxygen atoms in total. The molecule has 2 N–H and O–H groups in total. The lowest BCUT2D eigenvalue weighted by atomic mass is 10.0. The van der Waals surface area contributed by atoms with E-state index in [9.17, 15) is 0 Å². The lowest BCUT2D eigenvalue weighted by Crippen LogP contribution is -2.16. The molecule has 0 spiro atoms. The molecule has 2 rings (SSSR count). The van der Waals surface area contributed by atoms with Gasteiger partial charge in [0.25, 0.3) is 0 Å². The molecule has 1 atom stereocenters. The molecule has 0 saturated carbocycles. The molecule has 0 bridgehead atoms. The Morgan fingerprint density at radius 2 is 2.00 bits per heavy atom. The predicted octanol–water partition coefficient (Wildman–Crippen LogP) is 3.30. The van der Waals surface area contributed by atoms with Crippen molar-refractivity contribution in [2.75, 3.05) is 0 Å². The van der Waals surface area contributed by atoms with Gasteiger partial charge in [0.1, 0.15) is 0 Å². The van der Waals surface area contributed by atoms with Crippen LogP contribution in [-0.2, 0) is 7.05 Å². The van der Waals surface area contributed by atoms with Gasteiger partial charge in [0, 0.05) is 11.5 Å². The number of nitrogens with two attached hydrogens (primary N) is 1. The van der Waals surface area contributed by atoms with Crippen LogP contribution in [0, 0.1) is 6.92 Å². The molecule has 1 aromatic carbocycles. The molecule has 0 aliphatic carbocycles. The largest absolute Gasteiger partial charge is 0.319 e. The second-order valence-electron chi connectivity index (χ2n) is 4.04. The summed E-state index contributed by atoms with van der Waals surface area (Å²) in [6.07, 6.45) is 1.76. The maximum atomic E-state index is 6.29. The van der Waals surface area contributed by atoms with Crippen molar-refractivity contribution in [3.05, 3.63) is 50.2 Å². The molecule has 0 radical (unpaired) electrons. The molecule has 2 aromatic rings. The van der Waals surface area contributed by atoms with Crippen molar-refractivity contribution in [3.63, 3.8) is 0 Å². The van der Waals surface area contributed by atoms with Gasteiger partial charge in [0.2, 0.25) is 0 Å². The number of nitrogens with zero attached hydrogens (tertiary/aromatic N) is 2. The molecule has 0 fully saturated rings. The van der Waals surface area contributed by atoms with Crippen LogP contribution in [0.5, 0.6) is 0 Å². The molecular weight excluding hydrogens is 346 g/mol. The monoisotopic (exact) mass is 357 g/mol. The minimum atomic E-state index is -0.187. The van der Waals surface area contributed by atoms with Crippen molar-refractivity contribution in [3.8, 4) is 0 Å². The third-order valence-corrected chi connectivity index (χ3v) is 3.72. The standard InChI is InChI=1S/C12H13Br2N3/c1-7-3-8(5-9(13)4-7)11(15)12-10(14)6-16-17(12)2/h3-6,11H,15H2,1-2H3. The zero-order chi connectivity index (χ0) is 12.6. The van der Waals surface area contributed by atoms with E-state index in [1.54, 1.807) is 10.9 Å². The smallest absolute Gasteiger partial charge is 0.0735 e. The van der Waals surface area contributed by atoms with E-state index in [1.807, 2.05) is 13.1 Å². The van der Waals surface area contributed by atoms with Crippen LogP contribution in [0.25, 0.3) is 0 Å². The van der Waals surface area contributed by atoms with Crippen molar-refractivity contribution in [1.29, 1.82) is 0 Å². The van der Waals surface area contributed by atoms with Crippen LogP contribution in [0.3, 0.4) is 0 Å². The Bertz CT molecular complexity index is 509. The van der Waals surface area contributed by atoms with Gasteiger partial charge in [-0.1, -0.05) is 22.0 Å². The SMILES string of the molecule is Cc1cc(Br)cc(C(N)c2c(Br)cnn2C)c1. The van der Waals surface area contributed by atoms with Crippen molar-refractivity contribution in [1.82, 2.24) is 9.78 Å². The minimum Gasteiger partial charge on any atom is -0.319 e. The number of rotatable bonds is 2. The van der Waals surface area contributed by atoms with Gasteiger partial charge in [0.05, 0.1) is 22.4 Å². The third kappa shape index (κ3) is 2.61. The number of halogens is 2. The fraction of sp³-hybridized carbons (Fsp3) is 0.250. The first kappa shape index (κ1) is 12.8. The fourth-order valence-corrected chi connectivity index (χ4v) is 3.09. The summed E-state index contributed by atoms with van der Waals surface area (Å²) in [6, 6.07) is 6.01. The summed E-state index contributed by atoms with van der Waals surface area (Å²) in [6.45, 7) is 2.05. The summed E-state index contributed by atoms with van der Waals surface area (Å²) < 4.78 is 3.77. The second-order valence-corrected chi connectivity index (χ2v) is 5.81. The highest BCUT2D eigenvalue weighted by Crippen LogP contribution is 2.28. The van der Waals surface area contributed by atoms with E-state index < -0.39 is 0 Å². The molecule has 1 unspecified atom stereocenters. The normalized spacial score (nSPS) is 12.8. The van der Waals surface area contributed by atoms with Gasteiger partial charge in [-0.05, 0) is 46.1 Å². The lowest BCUT2D eigenvalue weighted by molar-refractivity contribution is 0.671. The van der Waals surface area contributed by atoms with Crippen LogP contribution in [0.4, 0.5) is 0 Å². The van der Waals surface area contributed by atoms with E-state index in [0.29, 0.717) is 0 Å². The highest BCUT2D eigenvalue weighted by atomic mass is 79.9. The van der Waals surface area contributed by atoms with E-state index in [-0.39, 0.29) is 6.04 Å². The minimum absolute atomic E-state index is 0.187. The number of hydrogen-bond acceptors (Lipinski definition) is 2. The van der Waals surface area contributed by atoms with Crippen molar-refractivity contribution in [2.24, 2.45) is 12.8 Å². The first-order valence-corrected chi connectivity index (χ1v) is 6.77. The number of aromatic nitrogens is 2. The molecule has 0 saturated heterocycles. The summed E-state index contributed by atoms with van der Waals surface area (Å²) in [4.78, 5) is 0.